The van der Waals surface area contributed by atoms with E-state index in [1.54, 1.807) is 0 Å². The number of anilines is 3. The second-order valence-corrected chi connectivity index (χ2v) is 23.6. The van der Waals surface area contributed by atoms with E-state index in [1.807, 2.05) is 0 Å². The maximum absolute atomic E-state index is 2.72. The molecule has 1 aliphatic heterocycles. The third-order valence-electron chi connectivity index (χ3n) is 16.0. The van der Waals surface area contributed by atoms with Crippen molar-refractivity contribution in [1.29, 1.82) is 0 Å². The van der Waals surface area contributed by atoms with Gasteiger partial charge in [0.1, 0.15) is 0 Å². The van der Waals surface area contributed by atoms with Gasteiger partial charge in [0, 0.05) is 16.9 Å². The van der Waals surface area contributed by atoms with E-state index in [-0.39, 0.29) is 0 Å². The topological polar surface area (TPSA) is 3.24 Å². The Morgan fingerprint density at radius 2 is 0.707 bits per heavy atom. The van der Waals surface area contributed by atoms with Gasteiger partial charge in [-0.2, -0.15) is 0 Å². The Morgan fingerprint density at radius 1 is 0.253 bits per heavy atom. The van der Waals surface area contributed by atoms with Crippen LogP contribution < -0.4 is 25.6 Å². The molecule has 0 amide bonds. The molecule has 0 saturated carbocycles. The molecule has 1 nitrogen and oxygen atoms in total. The van der Waals surface area contributed by atoms with Gasteiger partial charge in [-0.05, 0) is 129 Å². The summed E-state index contributed by atoms with van der Waals surface area (Å²) in [5.74, 6) is 0. The molecule has 1 aliphatic carbocycles. The first kappa shape index (κ1) is 44.4. The van der Waals surface area contributed by atoms with E-state index in [4.69, 9.17) is 0 Å². The van der Waals surface area contributed by atoms with Crippen LogP contribution in [0.25, 0.3) is 55.6 Å². The number of hydrogen-bond acceptors (Lipinski definition) is 1. The number of hydrogen-bond donors (Lipinski definition) is 0. The number of nitrogens with zero attached hydrogens (tertiary/aromatic N) is 1. The highest BCUT2D eigenvalue weighted by Crippen LogP contribution is 2.57. The van der Waals surface area contributed by atoms with Crippen molar-refractivity contribution in [2.45, 2.75) is 5.41 Å². The van der Waals surface area contributed by atoms with Crippen LogP contribution in [0.2, 0.25) is 0 Å². The van der Waals surface area contributed by atoms with Crippen molar-refractivity contribution in [3.05, 3.63) is 332 Å². The fourth-order valence-electron chi connectivity index (χ4n) is 12.8. The molecule has 0 fully saturated rings. The largest absolute Gasteiger partial charge is 0.310 e. The normalized spacial score (nSPS) is 13.3. The average Bonchev–Trinajstić information content (AvgIpc) is 4.08. The van der Waals surface area contributed by atoms with Gasteiger partial charge in [0.15, 0.2) is 8.07 Å². The molecule has 1 heterocycles. The molecule has 352 valence electrons. The molecule has 0 radical (unpaired) electrons. The van der Waals surface area contributed by atoms with Crippen LogP contribution in [0.1, 0.15) is 22.3 Å². The van der Waals surface area contributed by atoms with Crippen molar-refractivity contribution in [3.63, 3.8) is 0 Å². The Hall–Kier alpha value is -9.34. The molecule has 12 aromatic carbocycles. The molecule has 2 aliphatic rings. The van der Waals surface area contributed by atoms with Crippen LogP contribution in [-0.4, -0.2) is 8.07 Å². The van der Waals surface area contributed by atoms with E-state index in [0.717, 1.165) is 28.2 Å². The summed E-state index contributed by atoms with van der Waals surface area (Å²) < 4.78 is 0. The molecule has 0 aromatic heterocycles. The highest BCUT2D eigenvalue weighted by atomic mass is 28.3. The fraction of sp³-hybridized carbons (Fsp3) is 0.0137. The standard InChI is InChI=1S/C73H51NSi/c1-6-23-52(24-7-1)53-41-44-59(45-42-53)74(60-46-47-64-63-35-16-19-38-68(63)73(69(64)51-60,57-28-10-3-11-29-57)58-30-12-4-13-31-58)70-48-43-56(50-67(70)54-25-8-2-9-26-54)55-27-22-34-62(49-55)75(61-32-14-5-15-33-61)71-39-20-17-36-65(71)66-37-18-21-40-72(66)75/h1-51H. The quantitative estimate of drug-likeness (QED) is 0.123. The Morgan fingerprint density at radius 3 is 1.35 bits per heavy atom. The zero-order valence-corrected chi connectivity index (χ0v) is 42.4. The Labute approximate surface area is 441 Å². The molecule has 12 aromatic rings. The van der Waals surface area contributed by atoms with E-state index in [1.165, 1.54) is 87.5 Å². The third kappa shape index (κ3) is 7.06. The Kier molecular flexibility index (Phi) is 10.8. The minimum absolute atomic E-state index is 0.550. The van der Waals surface area contributed by atoms with Crippen molar-refractivity contribution in [1.82, 2.24) is 0 Å². The van der Waals surface area contributed by atoms with Crippen LogP contribution >= 0.6 is 0 Å². The molecular formula is C73H51NSi. The van der Waals surface area contributed by atoms with Gasteiger partial charge >= 0.3 is 0 Å². The number of rotatable bonds is 10. The van der Waals surface area contributed by atoms with Crippen molar-refractivity contribution in [3.8, 4) is 55.6 Å². The molecule has 0 bridgehead atoms. The van der Waals surface area contributed by atoms with E-state index in [0.29, 0.717) is 0 Å². The average molecular weight is 970 g/mol. The highest BCUT2D eigenvalue weighted by molar-refractivity contribution is 7.22. The lowest BCUT2D eigenvalue weighted by Crippen LogP contribution is -2.72. The first-order valence-corrected chi connectivity index (χ1v) is 28.1. The van der Waals surface area contributed by atoms with Gasteiger partial charge in [-0.25, -0.2) is 0 Å². The maximum Gasteiger partial charge on any atom is 0.180 e. The summed E-state index contributed by atoms with van der Waals surface area (Å²) in [5.41, 5.74) is 20.1. The fourth-order valence-corrected chi connectivity index (χ4v) is 18.1. The van der Waals surface area contributed by atoms with E-state index in [9.17, 15) is 0 Å². The van der Waals surface area contributed by atoms with E-state index in [2.05, 4.69) is 314 Å². The number of benzene rings is 12. The van der Waals surface area contributed by atoms with Crippen molar-refractivity contribution in [2.24, 2.45) is 0 Å². The van der Waals surface area contributed by atoms with Crippen molar-refractivity contribution in [2.75, 3.05) is 4.90 Å². The highest BCUT2D eigenvalue weighted by Gasteiger charge is 2.49. The van der Waals surface area contributed by atoms with E-state index < -0.39 is 13.5 Å². The van der Waals surface area contributed by atoms with Gasteiger partial charge < -0.3 is 4.90 Å². The summed E-state index contributed by atoms with van der Waals surface area (Å²) in [6, 6.07) is 115. The van der Waals surface area contributed by atoms with Gasteiger partial charge in [0.25, 0.3) is 0 Å². The second kappa shape index (κ2) is 18.3. The SMILES string of the molecule is c1ccc(-c2ccc(N(c3ccc4c(c3)C(c3ccccc3)(c3ccccc3)c3ccccc3-4)c3ccc(-c4cccc([Si]5(c6ccccc6)c6ccccc6-c6ccccc65)c4)cc3-c3ccccc3)cc2)cc1. The van der Waals surface area contributed by atoms with Gasteiger partial charge in [0.2, 0.25) is 0 Å². The molecule has 0 saturated heterocycles. The summed E-state index contributed by atoms with van der Waals surface area (Å²) >= 11 is 0. The van der Waals surface area contributed by atoms with Crippen LogP contribution in [0.5, 0.6) is 0 Å². The molecule has 14 rings (SSSR count). The molecule has 0 atom stereocenters. The third-order valence-corrected chi connectivity index (χ3v) is 20.9. The second-order valence-electron chi connectivity index (χ2n) is 19.9. The first-order chi connectivity index (χ1) is 37.2. The van der Waals surface area contributed by atoms with Crippen LogP contribution in [0.4, 0.5) is 17.1 Å². The van der Waals surface area contributed by atoms with Crippen molar-refractivity contribution < 1.29 is 0 Å². The Bertz CT molecular complexity index is 3950. The summed E-state index contributed by atoms with van der Waals surface area (Å²) in [7, 11) is -2.72. The van der Waals surface area contributed by atoms with Gasteiger partial charge in [-0.1, -0.05) is 273 Å². The molecule has 75 heavy (non-hydrogen) atoms. The monoisotopic (exact) mass is 969 g/mol. The molecule has 0 N–H and O–H groups in total. The summed E-state index contributed by atoms with van der Waals surface area (Å²) in [5, 5.41) is 5.68. The predicted molar refractivity (Wildman–Crippen MR) is 317 cm³/mol. The molecule has 0 unspecified atom stereocenters. The Balaban J connectivity index is 0.988. The smallest absolute Gasteiger partial charge is 0.180 e. The zero-order chi connectivity index (χ0) is 49.8. The van der Waals surface area contributed by atoms with Gasteiger partial charge in [0.05, 0.1) is 11.1 Å². The first-order valence-electron chi connectivity index (χ1n) is 26.1. The van der Waals surface area contributed by atoms with Crippen LogP contribution in [0.15, 0.2) is 309 Å². The van der Waals surface area contributed by atoms with Gasteiger partial charge in [-0.3, -0.25) is 0 Å². The lowest BCUT2D eigenvalue weighted by Gasteiger charge is -2.35. The lowest BCUT2D eigenvalue weighted by molar-refractivity contribution is 0.768. The maximum atomic E-state index is 2.51. The van der Waals surface area contributed by atoms with Crippen LogP contribution in [0, 0.1) is 0 Å². The van der Waals surface area contributed by atoms with Crippen LogP contribution in [-0.2, 0) is 5.41 Å². The molecule has 2 heteroatoms. The summed E-state index contributed by atoms with van der Waals surface area (Å²) in [6.07, 6.45) is 0. The molecular weight excluding hydrogens is 919 g/mol. The minimum Gasteiger partial charge on any atom is -0.310 e. The number of fused-ring (bicyclic) bond motifs is 6. The zero-order valence-electron chi connectivity index (χ0n) is 41.4. The van der Waals surface area contributed by atoms with Gasteiger partial charge in [-0.15, -0.1) is 0 Å². The summed E-state index contributed by atoms with van der Waals surface area (Å²) in [6.45, 7) is 0. The van der Waals surface area contributed by atoms with Crippen LogP contribution in [0.3, 0.4) is 0 Å². The predicted octanol–water partition coefficient (Wildman–Crippen LogP) is 15.9. The van der Waals surface area contributed by atoms with Crippen molar-refractivity contribution >= 4 is 45.9 Å². The molecule has 0 spiro atoms. The minimum atomic E-state index is -2.72. The van der Waals surface area contributed by atoms with E-state index >= 15 is 0 Å². The summed E-state index contributed by atoms with van der Waals surface area (Å²) in [4.78, 5) is 2.49. The lowest BCUT2D eigenvalue weighted by atomic mass is 9.67.